The van der Waals surface area contributed by atoms with E-state index >= 15 is 0 Å². The normalized spacial score (nSPS) is 12.6. The maximum Gasteiger partial charge on any atom is 0.124 e. The van der Waals surface area contributed by atoms with Crippen LogP contribution in [0.15, 0.2) is 39.5 Å². The molecule has 0 saturated heterocycles. The molecule has 0 saturated carbocycles. The quantitative estimate of drug-likeness (QED) is 0.670. The highest BCUT2D eigenvalue weighted by molar-refractivity contribution is 9.10. The van der Waals surface area contributed by atoms with Crippen LogP contribution in [0, 0.1) is 5.82 Å². The lowest BCUT2D eigenvalue weighted by molar-refractivity contribution is 0.550. The van der Waals surface area contributed by atoms with Crippen molar-refractivity contribution in [2.75, 3.05) is 0 Å². The Balaban J connectivity index is 2.18. The molecule has 2 nitrogen and oxygen atoms in total. The Morgan fingerprint density at radius 2 is 2.24 bits per heavy atom. The average Bonchev–Trinajstić information content (AvgIpc) is 2.77. The average molecular weight is 315 g/mol. The van der Waals surface area contributed by atoms with Crippen molar-refractivity contribution in [3.63, 3.8) is 0 Å². The zero-order chi connectivity index (χ0) is 12.3. The SMILES string of the molecule is NNC(Cc1cc(F)cc(Br)c1)c1ccsc1. The van der Waals surface area contributed by atoms with Gasteiger partial charge in [0.25, 0.3) is 0 Å². The fraction of sp³-hybridized carbons (Fsp3) is 0.167. The third-order valence-corrected chi connectivity index (χ3v) is 3.67. The number of nitrogens with two attached hydrogens (primary N) is 1. The molecule has 1 aromatic carbocycles. The van der Waals surface area contributed by atoms with Gasteiger partial charge in [-0.1, -0.05) is 15.9 Å². The molecule has 3 N–H and O–H groups in total. The minimum atomic E-state index is -0.240. The second-order valence-corrected chi connectivity index (χ2v) is 5.45. The maximum absolute atomic E-state index is 13.2. The summed E-state index contributed by atoms with van der Waals surface area (Å²) in [5.41, 5.74) is 4.79. The van der Waals surface area contributed by atoms with Gasteiger partial charge in [-0.2, -0.15) is 11.3 Å². The number of benzene rings is 1. The van der Waals surface area contributed by atoms with Gasteiger partial charge in [0.2, 0.25) is 0 Å². The zero-order valence-corrected chi connectivity index (χ0v) is 11.4. The molecule has 0 radical (unpaired) electrons. The Kier molecular flexibility index (Phi) is 4.28. The second kappa shape index (κ2) is 5.73. The van der Waals surface area contributed by atoms with Crippen molar-refractivity contribution in [1.82, 2.24) is 5.43 Å². The Morgan fingerprint density at radius 1 is 1.41 bits per heavy atom. The van der Waals surface area contributed by atoms with E-state index < -0.39 is 0 Å². The molecule has 2 aromatic rings. The molecule has 0 bridgehead atoms. The highest BCUT2D eigenvalue weighted by atomic mass is 79.9. The van der Waals surface area contributed by atoms with Gasteiger partial charge >= 0.3 is 0 Å². The molecule has 0 amide bonds. The first kappa shape index (κ1) is 12.7. The molecular weight excluding hydrogens is 303 g/mol. The summed E-state index contributed by atoms with van der Waals surface area (Å²) >= 11 is 4.91. The molecule has 17 heavy (non-hydrogen) atoms. The summed E-state index contributed by atoms with van der Waals surface area (Å²) in [6, 6.07) is 6.90. The van der Waals surface area contributed by atoms with Crippen LogP contribution in [0.2, 0.25) is 0 Å². The van der Waals surface area contributed by atoms with E-state index in [1.54, 1.807) is 11.3 Å². The fourth-order valence-electron chi connectivity index (χ4n) is 1.71. The molecule has 0 aliphatic heterocycles. The molecule has 5 heteroatoms. The minimum Gasteiger partial charge on any atom is -0.271 e. The van der Waals surface area contributed by atoms with Gasteiger partial charge in [-0.05, 0) is 52.6 Å². The van der Waals surface area contributed by atoms with Gasteiger partial charge in [0, 0.05) is 4.47 Å². The van der Waals surface area contributed by atoms with E-state index in [4.69, 9.17) is 5.84 Å². The van der Waals surface area contributed by atoms with Crippen molar-refractivity contribution >= 4 is 27.3 Å². The molecule has 1 unspecified atom stereocenters. The van der Waals surface area contributed by atoms with Crippen molar-refractivity contribution in [3.8, 4) is 0 Å². The molecule has 1 aromatic heterocycles. The minimum absolute atomic E-state index is 0.00921. The third kappa shape index (κ3) is 3.35. The number of hydrazine groups is 1. The number of hydrogen-bond donors (Lipinski definition) is 2. The topological polar surface area (TPSA) is 38.0 Å². The van der Waals surface area contributed by atoms with Crippen LogP contribution in [0.25, 0.3) is 0 Å². The first-order valence-corrected chi connectivity index (χ1v) is 6.86. The molecule has 0 aliphatic carbocycles. The van der Waals surface area contributed by atoms with E-state index in [1.165, 1.54) is 12.1 Å². The largest absolute Gasteiger partial charge is 0.271 e. The van der Waals surface area contributed by atoms with Crippen LogP contribution in [-0.4, -0.2) is 0 Å². The summed E-state index contributed by atoms with van der Waals surface area (Å²) in [4.78, 5) is 0. The maximum atomic E-state index is 13.2. The van der Waals surface area contributed by atoms with Gasteiger partial charge in [0.1, 0.15) is 5.82 Å². The first-order chi connectivity index (χ1) is 8.19. The van der Waals surface area contributed by atoms with Gasteiger partial charge in [-0.3, -0.25) is 11.3 Å². The molecule has 0 fully saturated rings. The van der Waals surface area contributed by atoms with Crippen LogP contribution in [0.3, 0.4) is 0 Å². The van der Waals surface area contributed by atoms with Crippen molar-refractivity contribution in [2.45, 2.75) is 12.5 Å². The number of nitrogens with one attached hydrogen (secondary N) is 1. The lowest BCUT2D eigenvalue weighted by Gasteiger charge is -2.14. The van der Waals surface area contributed by atoms with Crippen LogP contribution >= 0.6 is 27.3 Å². The van der Waals surface area contributed by atoms with E-state index in [-0.39, 0.29) is 11.9 Å². The van der Waals surface area contributed by atoms with Crippen LogP contribution in [0.5, 0.6) is 0 Å². The van der Waals surface area contributed by atoms with Gasteiger partial charge in [0.15, 0.2) is 0 Å². The van der Waals surface area contributed by atoms with Gasteiger partial charge in [-0.15, -0.1) is 0 Å². The number of rotatable bonds is 4. The van der Waals surface area contributed by atoms with Crippen LogP contribution in [0.1, 0.15) is 17.2 Å². The summed E-state index contributed by atoms with van der Waals surface area (Å²) in [6.07, 6.45) is 0.656. The van der Waals surface area contributed by atoms with E-state index in [2.05, 4.69) is 21.4 Å². The number of thiophene rings is 1. The van der Waals surface area contributed by atoms with Crippen molar-refractivity contribution < 1.29 is 4.39 Å². The Labute approximate surface area is 112 Å². The van der Waals surface area contributed by atoms with Crippen LogP contribution in [0.4, 0.5) is 4.39 Å². The van der Waals surface area contributed by atoms with Crippen molar-refractivity contribution in [3.05, 3.63) is 56.4 Å². The lowest BCUT2D eigenvalue weighted by atomic mass is 10.0. The van der Waals surface area contributed by atoms with E-state index in [9.17, 15) is 4.39 Å². The zero-order valence-electron chi connectivity index (χ0n) is 8.99. The Bertz CT molecular complexity index is 467. The van der Waals surface area contributed by atoms with Gasteiger partial charge in [-0.25, -0.2) is 4.39 Å². The third-order valence-electron chi connectivity index (χ3n) is 2.51. The number of halogens is 2. The standard InChI is InChI=1S/C12H12BrFN2S/c13-10-3-8(4-11(14)6-10)5-12(16-15)9-1-2-17-7-9/h1-4,6-7,12,16H,5,15H2. The van der Waals surface area contributed by atoms with E-state index in [0.29, 0.717) is 6.42 Å². The highest BCUT2D eigenvalue weighted by Gasteiger charge is 2.11. The second-order valence-electron chi connectivity index (χ2n) is 3.76. The van der Waals surface area contributed by atoms with E-state index in [1.807, 2.05) is 22.9 Å². The van der Waals surface area contributed by atoms with E-state index in [0.717, 1.165) is 15.6 Å². The highest BCUT2D eigenvalue weighted by Crippen LogP contribution is 2.22. The fourth-order valence-corrected chi connectivity index (χ4v) is 2.94. The first-order valence-electron chi connectivity index (χ1n) is 5.12. The van der Waals surface area contributed by atoms with Crippen molar-refractivity contribution in [2.24, 2.45) is 5.84 Å². The monoisotopic (exact) mass is 314 g/mol. The number of hydrogen-bond acceptors (Lipinski definition) is 3. The van der Waals surface area contributed by atoms with Crippen LogP contribution < -0.4 is 11.3 Å². The summed E-state index contributed by atoms with van der Waals surface area (Å²) in [5.74, 6) is 5.30. The smallest absolute Gasteiger partial charge is 0.124 e. The molecule has 90 valence electrons. The van der Waals surface area contributed by atoms with Gasteiger partial charge in [0.05, 0.1) is 6.04 Å². The molecule has 2 rings (SSSR count). The van der Waals surface area contributed by atoms with Gasteiger partial charge < -0.3 is 0 Å². The molecular formula is C12H12BrFN2S. The summed E-state index contributed by atoms with van der Waals surface area (Å²) in [5, 5.41) is 4.04. The predicted molar refractivity (Wildman–Crippen MR) is 72.2 cm³/mol. The summed E-state index contributed by atoms with van der Waals surface area (Å²) < 4.78 is 14.0. The van der Waals surface area contributed by atoms with Crippen LogP contribution in [-0.2, 0) is 6.42 Å². The summed E-state index contributed by atoms with van der Waals surface area (Å²) in [7, 11) is 0. The molecule has 1 heterocycles. The molecule has 0 aliphatic rings. The Morgan fingerprint density at radius 3 is 2.82 bits per heavy atom. The molecule has 1 atom stereocenters. The molecule has 0 spiro atoms. The summed E-state index contributed by atoms with van der Waals surface area (Å²) in [6.45, 7) is 0. The Hall–Kier alpha value is -0.750. The predicted octanol–water partition coefficient (Wildman–Crippen LogP) is 3.40. The van der Waals surface area contributed by atoms with Crippen molar-refractivity contribution in [1.29, 1.82) is 0 Å². The lowest BCUT2D eigenvalue weighted by Crippen LogP contribution is -2.29.